The maximum absolute atomic E-state index is 13.0. The van der Waals surface area contributed by atoms with Crippen molar-refractivity contribution >= 4 is 11.0 Å². The molecule has 7 heteroatoms. The van der Waals surface area contributed by atoms with E-state index < -0.39 is 5.60 Å². The molecule has 3 aliphatic rings. The Balaban J connectivity index is 1.52. The molecular weight excluding hydrogens is 330 g/mol. The van der Waals surface area contributed by atoms with Gasteiger partial charge in [-0.3, -0.25) is 9.36 Å². The van der Waals surface area contributed by atoms with Crippen LogP contribution in [0.5, 0.6) is 0 Å². The minimum Gasteiger partial charge on any atom is -0.387 e. The van der Waals surface area contributed by atoms with Crippen molar-refractivity contribution in [3.8, 4) is 0 Å². The number of aliphatic hydroxyl groups is 1. The second kappa shape index (κ2) is 5.63. The molecule has 2 aliphatic carbocycles. The molecule has 0 bridgehead atoms. The lowest BCUT2D eigenvalue weighted by Gasteiger charge is -2.51. The van der Waals surface area contributed by atoms with E-state index in [1.807, 2.05) is 4.68 Å². The summed E-state index contributed by atoms with van der Waals surface area (Å²) in [5.74, 6) is 0. The Morgan fingerprint density at radius 3 is 2.77 bits per heavy atom. The van der Waals surface area contributed by atoms with Crippen LogP contribution in [0, 0.1) is 5.41 Å². The molecule has 1 atom stereocenters. The van der Waals surface area contributed by atoms with E-state index in [0.717, 1.165) is 51.6 Å². The first kappa shape index (κ1) is 16.4. The Labute approximate surface area is 152 Å². The zero-order chi connectivity index (χ0) is 17.9. The molecule has 7 nitrogen and oxygen atoms in total. The van der Waals surface area contributed by atoms with Crippen LogP contribution in [0.15, 0.2) is 17.3 Å². The van der Waals surface area contributed by atoms with Crippen LogP contribution < -0.4 is 5.56 Å². The van der Waals surface area contributed by atoms with Gasteiger partial charge in [-0.2, -0.15) is 5.10 Å². The van der Waals surface area contributed by atoms with Gasteiger partial charge in [-0.25, -0.2) is 9.67 Å². The van der Waals surface area contributed by atoms with Gasteiger partial charge in [0.1, 0.15) is 11.7 Å². The number of rotatable bonds is 3. The van der Waals surface area contributed by atoms with E-state index in [0.29, 0.717) is 30.0 Å². The SMILES string of the molecule is CN1CCC(O)(Cn2cnc3c(cnn3C3CC3)c2=O)C2(CCCC2)C1. The van der Waals surface area contributed by atoms with Gasteiger partial charge in [-0.05, 0) is 39.2 Å². The number of nitrogens with zero attached hydrogens (tertiary/aromatic N) is 5. The lowest BCUT2D eigenvalue weighted by molar-refractivity contribution is -0.139. The van der Waals surface area contributed by atoms with Crippen molar-refractivity contribution < 1.29 is 5.11 Å². The summed E-state index contributed by atoms with van der Waals surface area (Å²) in [6.45, 7) is 2.10. The summed E-state index contributed by atoms with van der Waals surface area (Å²) in [6.07, 6.45) is 10.6. The highest BCUT2D eigenvalue weighted by molar-refractivity contribution is 5.73. The van der Waals surface area contributed by atoms with E-state index in [1.54, 1.807) is 17.1 Å². The van der Waals surface area contributed by atoms with E-state index in [9.17, 15) is 9.90 Å². The van der Waals surface area contributed by atoms with Gasteiger partial charge in [0.25, 0.3) is 5.56 Å². The van der Waals surface area contributed by atoms with Crippen molar-refractivity contribution in [1.82, 2.24) is 24.2 Å². The second-order valence-corrected chi connectivity index (χ2v) is 8.74. The zero-order valence-electron chi connectivity index (χ0n) is 15.4. The van der Waals surface area contributed by atoms with Gasteiger partial charge in [0.05, 0.1) is 24.4 Å². The number of aromatic nitrogens is 4. The molecule has 2 saturated carbocycles. The Hall–Kier alpha value is -1.73. The summed E-state index contributed by atoms with van der Waals surface area (Å²) in [6, 6.07) is 0.398. The van der Waals surface area contributed by atoms with E-state index in [1.165, 1.54) is 0 Å². The first-order chi connectivity index (χ1) is 12.5. The molecule has 5 rings (SSSR count). The third kappa shape index (κ3) is 2.36. The number of hydrogen-bond donors (Lipinski definition) is 1. The average Bonchev–Trinajstić information content (AvgIpc) is 3.19. The van der Waals surface area contributed by atoms with Crippen LogP contribution in [0.2, 0.25) is 0 Å². The topological polar surface area (TPSA) is 76.2 Å². The van der Waals surface area contributed by atoms with Crippen LogP contribution in [0.3, 0.4) is 0 Å². The lowest BCUT2D eigenvalue weighted by atomic mass is 9.66. The smallest absolute Gasteiger partial charge is 0.264 e. The summed E-state index contributed by atoms with van der Waals surface area (Å²) in [4.78, 5) is 19.9. The van der Waals surface area contributed by atoms with Gasteiger partial charge in [-0.15, -0.1) is 0 Å². The fraction of sp³-hybridized carbons (Fsp3) is 0.737. The summed E-state index contributed by atoms with van der Waals surface area (Å²) in [7, 11) is 2.13. The molecule has 2 aromatic rings. The fourth-order valence-electron chi connectivity index (χ4n) is 5.25. The molecule has 1 aliphatic heterocycles. The van der Waals surface area contributed by atoms with Crippen LogP contribution in [0.1, 0.15) is 51.0 Å². The molecule has 3 fully saturated rings. The van der Waals surface area contributed by atoms with Crippen molar-refractivity contribution in [2.45, 2.75) is 63.1 Å². The molecule has 1 unspecified atom stereocenters. The third-order valence-corrected chi connectivity index (χ3v) is 6.93. The van der Waals surface area contributed by atoms with Crippen molar-refractivity contribution in [3.63, 3.8) is 0 Å². The molecule has 0 radical (unpaired) electrons. The van der Waals surface area contributed by atoms with Gasteiger partial charge in [0.15, 0.2) is 5.65 Å². The second-order valence-electron chi connectivity index (χ2n) is 8.74. The Kier molecular flexibility index (Phi) is 3.56. The maximum Gasteiger partial charge on any atom is 0.264 e. The average molecular weight is 357 g/mol. The molecule has 1 N–H and O–H groups in total. The van der Waals surface area contributed by atoms with Gasteiger partial charge < -0.3 is 10.0 Å². The van der Waals surface area contributed by atoms with Crippen LogP contribution >= 0.6 is 0 Å². The molecule has 2 aromatic heterocycles. The first-order valence-corrected chi connectivity index (χ1v) is 9.85. The predicted octanol–water partition coefficient (Wildman–Crippen LogP) is 1.55. The normalized spacial score (nSPS) is 29.0. The number of fused-ring (bicyclic) bond motifs is 1. The highest BCUT2D eigenvalue weighted by Gasteiger charge is 2.54. The first-order valence-electron chi connectivity index (χ1n) is 9.85. The number of likely N-dealkylation sites (tertiary alicyclic amines) is 1. The monoisotopic (exact) mass is 357 g/mol. The van der Waals surface area contributed by atoms with Crippen molar-refractivity contribution in [2.75, 3.05) is 20.1 Å². The predicted molar refractivity (Wildman–Crippen MR) is 98.0 cm³/mol. The third-order valence-electron chi connectivity index (χ3n) is 6.93. The van der Waals surface area contributed by atoms with E-state index in [2.05, 4.69) is 22.0 Å². The minimum atomic E-state index is -0.846. The van der Waals surface area contributed by atoms with Crippen molar-refractivity contribution in [3.05, 3.63) is 22.9 Å². The minimum absolute atomic E-state index is 0.0811. The van der Waals surface area contributed by atoms with E-state index in [-0.39, 0.29) is 11.0 Å². The van der Waals surface area contributed by atoms with Crippen LogP contribution in [0.25, 0.3) is 11.0 Å². The molecule has 3 heterocycles. The molecule has 140 valence electrons. The molecule has 0 amide bonds. The summed E-state index contributed by atoms with van der Waals surface area (Å²) in [5.41, 5.74) is -0.351. The van der Waals surface area contributed by atoms with E-state index in [4.69, 9.17) is 0 Å². The Bertz CT molecular complexity index is 893. The molecule has 1 saturated heterocycles. The van der Waals surface area contributed by atoms with Gasteiger partial charge >= 0.3 is 0 Å². The highest BCUT2D eigenvalue weighted by Crippen LogP contribution is 2.51. The Morgan fingerprint density at radius 1 is 1.27 bits per heavy atom. The van der Waals surface area contributed by atoms with Crippen LogP contribution in [0.4, 0.5) is 0 Å². The number of hydrogen-bond acceptors (Lipinski definition) is 5. The summed E-state index contributed by atoms with van der Waals surface area (Å²) >= 11 is 0. The summed E-state index contributed by atoms with van der Waals surface area (Å²) in [5, 5.41) is 16.6. The highest BCUT2D eigenvalue weighted by atomic mass is 16.3. The number of piperidine rings is 1. The zero-order valence-corrected chi connectivity index (χ0v) is 15.4. The molecule has 1 spiro atoms. The fourth-order valence-corrected chi connectivity index (χ4v) is 5.25. The largest absolute Gasteiger partial charge is 0.387 e. The molecule has 26 heavy (non-hydrogen) atoms. The lowest BCUT2D eigenvalue weighted by Crippen LogP contribution is -2.60. The maximum atomic E-state index is 13.0. The van der Waals surface area contributed by atoms with Crippen molar-refractivity contribution in [1.29, 1.82) is 0 Å². The quantitative estimate of drug-likeness (QED) is 0.902. The van der Waals surface area contributed by atoms with Gasteiger partial charge in [0, 0.05) is 18.5 Å². The molecular formula is C19H27N5O2. The van der Waals surface area contributed by atoms with Crippen molar-refractivity contribution in [2.24, 2.45) is 5.41 Å². The van der Waals surface area contributed by atoms with E-state index >= 15 is 0 Å². The standard InChI is InChI=1S/C19H27N5O2/c1-22-9-8-19(26,18(11-22)6-2-3-7-18)12-23-13-20-16-15(17(23)25)10-21-24(16)14-4-5-14/h10,13-14,26H,2-9,11-12H2,1H3. The molecule has 0 aromatic carbocycles. The Morgan fingerprint density at radius 2 is 2.04 bits per heavy atom. The van der Waals surface area contributed by atoms with Gasteiger partial charge in [-0.1, -0.05) is 12.8 Å². The van der Waals surface area contributed by atoms with Crippen LogP contribution in [-0.2, 0) is 6.54 Å². The summed E-state index contributed by atoms with van der Waals surface area (Å²) < 4.78 is 3.50. The van der Waals surface area contributed by atoms with Gasteiger partial charge in [0.2, 0.25) is 0 Å². The van der Waals surface area contributed by atoms with Crippen LogP contribution in [-0.4, -0.2) is 55.1 Å².